The van der Waals surface area contributed by atoms with Crippen LogP contribution in [0.5, 0.6) is 0 Å². The van der Waals surface area contributed by atoms with Gasteiger partial charge in [-0.1, -0.05) is 0 Å². The van der Waals surface area contributed by atoms with Gasteiger partial charge in [0.25, 0.3) is 16.8 Å². The number of halogens is 2. The second kappa shape index (κ2) is 9.27. The molecule has 1 aliphatic heterocycles. The zero-order valence-corrected chi connectivity index (χ0v) is 17.8. The molecule has 1 saturated heterocycles. The molecule has 0 unspecified atom stereocenters. The largest absolute Gasteiger partial charge is 0.457 e. The van der Waals surface area contributed by atoms with E-state index in [-0.39, 0.29) is 22.0 Å². The van der Waals surface area contributed by atoms with E-state index in [4.69, 9.17) is 4.42 Å². The van der Waals surface area contributed by atoms with Gasteiger partial charge in [0.05, 0.1) is 15.5 Å². The Balaban J connectivity index is 1.44. The first-order valence-corrected chi connectivity index (χ1v) is 10.4. The van der Waals surface area contributed by atoms with Crippen molar-refractivity contribution in [1.82, 2.24) is 4.90 Å². The van der Waals surface area contributed by atoms with Crippen LogP contribution >= 0.6 is 11.8 Å². The predicted molar refractivity (Wildman–Crippen MR) is 118 cm³/mol. The number of carbonyl (C=O) groups is 3. The molecule has 4 rings (SSSR count). The number of furan rings is 1. The number of non-ortho nitro benzene ring substituents is 1. The van der Waals surface area contributed by atoms with Gasteiger partial charge in [-0.3, -0.25) is 29.4 Å². The minimum atomic E-state index is -0.996. The number of benzene rings is 2. The highest BCUT2D eigenvalue weighted by Crippen LogP contribution is 2.33. The van der Waals surface area contributed by atoms with Crippen molar-refractivity contribution < 1.29 is 32.5 Å². The maximum absolute atomic E-state index is 13.7. The summed E-state index contributed by atoms with van der Waals surface area (Å²) < 4.78 is 32.3. The summed E-state index contributed by atoms with van der Waals surface area (Å²) in [6.07, 6.45) is 1.33. The molecule has 9 nitrogen and oxygen atoms in total. The molecule has 0 bridgehead atoms. The first-order valence-electron chi connectivity index (χ1n) is 9.56. The highest BCUT2D eigenvalue weighted by molar-refractivity contribution is 8.18. The zero-order valence-electron chi connectivity index (χ0n) is 17.0. The fourth-order valence-electron chi connectivity index (χ4n) is 3.02. The van der Waals surface area contributed by atoms with Gasteiger partial charge in [-0.25, -0.2) is 8.78 Å². The normalized spacial score (nSPS) is 14.6. The van der Waals surface area contributed by atoms with Crippen LogP contribution in [-0.4, -0.2) is 33.4 Å². The number of nitrogens with one attached hydrogen (secondary N) is 1. The van der Waals surface area contributed by atoms with Crippen molar-refractivity contribution in [2.75, 3.05) is 11.9 Å². The Morgan fingerprint density at radius 3 is 2.53 bits per heavy atom. The summed E-state index contributed by atoms with van der Waals surface area (Å²) in [6.45, 7) is -0.662. The Labute approximate surface area is 194 Å². The van der Waals surface area contributed by atoms with E-state index in [9.17, 15) is 33.3 Å². The molecule has 12 heteroatoms. The molecule has 172 valence electrons. The van der Waals surface area contributed by atoms with Crippen LogP contribution in [0.25, 0.3) is 17.4 Å². The van der Waals surface area contributed by atoms with Gasteiger partial charge < -0.3 is 9.73 Å². The van der Waals surface area contributed by atoms with Crippen LogP contribution in [0.3, 0.4) is 0 Å². The van der Waals surface area contributed by atoms with Crippen LogP contribution in [-0.2, 0) is 9.59 Å². The standard InChI is InChI=1S/C22H13F2N3O6S/c23-13-3-7-17(16(24)9-13)25-20(28)11-26-21(29)19(34-22(26)30)10-15-6-8-18(33-15)12-1-4-14(5-2-12)27(31)32/h1-10H,11H2,(H,25,28)/b19-10+. The van der Waals surface area contributed by atoms with E-state index in [1.54, 1.807) is 12.1 Å². The van der Waals surface area contributed by atoms with Crippen LogP contribution in [0.4, 0.5) is 25.0 Å². The van der Waals surface area contributed by atoms with E-state index in [0.29, 0.717) is 34.1 Å². The summed E-state index contributed by atoms with van der Waals surface area (Å²) in [5.41, 5.74) is 0.210. The molecule has 0 atom stereocenters. The van der Waals surface area contributed by atoms with Crippen molar-refractivity contribution in [3.63, 3.8) is 0 Å². The molecule has 2 aromatic carbocycles. The molecular weight excluding hydrogens is 472 g/mol. The maximum Gasteiger partial charge on any atom is 0.294 e. The number of hydrogen-bond donors (Lipinski definition) is 1. The summed E-state index contributed by atoms with van der Waals surface area (Å²) >= 11 is 0.600. The van der Waals surface area contributed by atoms with Crippen LogP contribution < -0.4 is 5.32 Å². The second-order valence-corrected chi connectivity index (χ2v) is 7.94. The second-order valence-electron chi connectivity index (χ2n) is 6.95. The maximum atomic E-state index is 13.7. The third-order valence-corrected chi connectivity index (χ3v) is 5.55. The molecule has 0 aliphatic carbocycles. The predicted octanol–water partition coefficient (Wildman–Crippen LogP) is 4.81. The first kappa shape index (κ1) is 22.9. The van der Waals surface area contributed by atoms with Crippen molar-refractivity contribution in [1.29, 1.82) is 0 Å². The minimum Gasteiger partial charge on any atom is -0.457 e. The van der Waals surface area contributed by atoms with Crippen molar-refractivity contribution in [2.24, 2.45) is 0 Å². The molecule has 0 saturated carbocycles. The van der Waals surface area contributed by atoms with Crippen molar-refractivity contribution in [3.8, 4) is 11.3 Å². The lowest BCUT2D eigenvalue weighted by molar-refractivity contribution is -0.384. The van der Waals surface area contributed by atoms with Crippen LogP contribution in [0.1, 0.15) is 5.76 Å². The number of thioether (sulfide) groups is 1. The van der Waals surface area contributed by atoms with E-state index in [1.807, 2.05) is 0 Å². The Morgan fingerprint density at radius 1 is 1.12 bits per heavy atom. The number of nitro benzene ring substituents is 1. The third kappa shape index (κ3) is 4.86. The number of nitro groups is 1. The molecule has 0 radical (unpaired) electrons. The van der Waals surface area contributed by atoms with Crippen LogP contribution in [0.2, 0.25) is 0 Å². The number of anilines is 1. The highest BCUT2D eigenvalue weighted by atomic mass is 32.2. The number of hydrogen-bond acceptors (Lipinski definition) is 7. The van der Waals surface area contributed by atoms with Gasteiger partial charge in [0.2, 0.25) is 5.91 Å². The van der Waals surface area contributed by atoms with Gasteiger partial charge in [0, 0.05) is 29.8 Å². The first-order chi connectivity index (χ1) is 16.2. The van der Waals surface area contributed by atoms with Gasteiger partial charge in [0.15, 0.2) is 0 Å². The number of carbonyl (C=O) groups excluding carboxylic acids is 3. The zero-order chi connectivity index (χ0) is 24.4. The quantitative estimate of drug-likeness (QED) is 0.302. The summed E-state index contributed by atoms with van der Waals surface area (Å²) in [6, 6.07) is 11.4. The van der Waals surface area contributed by atoms with Crippen molar-refractivity contribution >= 4 is 46.3 Å². The Bertz CT molecular complexity index is 1350. The number of amides is 3. The van der Waals surface area contributed by atoms with E-state index < -0.39 is 40.2 Å². The van der Waals surface area contributed by atoms with Crippen molar-refractivity contribution in [3.05, 3.63) is 87.0 Å². The summed E-state index contributed by atoms with van der Waals surface area (Å²) in [5, 5.41) is 12.3. The molecule has 1 aromatic heterocycles. The van der Waals surface area contributed by atoms with Crippen LogP contribution in [0, 0.1) is 21.7 Å². The molecular formula is C22H13F2N3O6S. The summed E-state index contributed by atoms with van der Waals surface area (Å²) in [5.74, 6) is -2.76. The third-order valence-electron chi connectivity index (χ3n) is 4.64. The lowest BCUT2D eigenvalue weighted by Crippen LogP contribution is -2.36. The SMILES string of the molecule is O=C(CN1C(=O)S/C(=C/c2ccc(-c3ccc([N+](=O)[O-])cc3)o2)C1=O)Nc1ccc(F)cc1F. The van der Waals surface area contributed by atoms with Gasteiger partial charge in [0.1, 0.15) is 29.7 Å². The fourth-order valence-corrected chi connectivity index (χ4v) is 3.84. The van der Waals surface area contributed by atoms with Crippen LogP contribution in [0.15, 0.2) is 63.9 Å². The van der Waals surface area contributed by atoms with E-state index in [0.717, 1.165) is 12.1 Å². The van der Waals surface area contributed by atoms with E-state index in [1.165, 1.54) is 30.3 Å². The Kier molecular flexibility index (Phi) is 6.23. The topological polar surface area (TPSA) is 123 Å². The smallest absolute Gasteiger partial charge is 0.294 e. The molecule has 1 fully saturated rings. The van der Waals surface area contributed by atoms with Crippen molar-refractivity contribution in [2.45, 2.75) is 0 Å². The number of imide groups is 1. The van der Waals surface area contributed by atoms with Gasteiger partial charge >= 0.3 is 0 Å². The average Bonchev–Trinajstić information content (AvgIpc) is 3.36. The van der Waals surface area contributed by atoms with E-state index >= 15 is 0 Å². The Morgan fingerprint density at radius 2 is 1.85 bits per heavy atom. The number of nitrogens with zero attached hydrogens (tertiary/aromatic N) is 2. The van der Waals surface area contributed by atoms with Gasteiger partial charge in [-0.15, -0.1) is 0 Å². The van der Waals surface area contributed by atoms with Gasteiger partial charge in [-0.05, 0) is 48.2 Å². The summed E-state index contributed by atoms with van der Waals surface area (Å²) in [7, 11) is 0. The molecule has 3 amide bonds. The molecule has 1 N–H and O–H groups in total. The summed E-state index contributed by atoms with van der Waals surface area (Å²) in [4.78, 5) is 48.0. The lowest BCUT2D eigenvalue weighted by Gasteiger charge is -2.12. The lowest BCUT2D eigenvalue weighted by atomic mass is 10.1. The highest BCUT2D eigenvalue weighted by Gasteiger charge is 2.36. The molecule has 0 spiro atoms. The average molecular weight is 485 g/mol. The fraction of sp³-hybridized carbons (Fsp3) is 0.0455. The van der Waals surface area contributed by atoms with E-state index in [2.05, 4.69) is 5.32 Å². The monoisotopic (exact) mass is 485 g/mol. The molecule has 3 aromatic rings. The van der Waals surface area contributed by atoms with Gasteiger partial charge in [-0.2, -0.15) is 0 Å². The number of rotatable bonds is 6. The molecule has 2 heterocycles. The molecule has 34 heavy (non-hydrogen) atoms. The molecule has 1 aliphatic rings. The Hall–Kier alpha value is -4.32. The minimum absolute atomic E-state index is 0.00959.